The molecule has 26 heavy (non-hydrogen) atoms. The molecule has 3 fully saturated rings. The van der Waals surface area contributed by atoms with E-state index in [1.165, 1.54) is 45.3 Å². The van der Waals surface area contributed by atoms with Crippen LogP contribution < -0.4 is 10.6 Å². The second-order valence-corrected chi connectivity index (χ2v) is 9.48. The highest BCUT2D eigenvalue weighted by Crippen LogP contribution is 2.51. The number of hydrogen-bond donors (Lipinski definition) is 2. The molecule has 5 nitrogen and oxygen atoms in total. The number of nitrogens with one attached hydrogen (secondary N) is 2. The van der Waals surface area contributed by atoms with Gasteiger partial charge in [-0.25, -0.2) is 0 Å². The Morgan fingerprint density at radius 3 is 2.58 bits per heavy atom. The second-order valence-electron chi connectivity index (χ2n) is 9.48. The minimum atomic E-state index is 0.182. The van der Waals surface area contributed by atoms with Crippen molar-refractivity contribution >= 4 is 5.96 Å². The summed E-state index contributed by atoms with van der Waals surface area (Å²) in [6.45, 7) is 16.8. The van der Waals surface area contributed by atoms with Crippen molar-refractivity contribution in [3.8, 4) is 0 Å². The van der Waals surface area contributed by atoms with E-state index in [9.17, 15) is 0 Å². The first-order chi connectivity index (χ1) is 12.4. The molecule has 0 radical (unpaired) electrons. The molecular formula is C21H40N4O. The van der Waals surface area contributed by atoms with E-state index in [1.54, 1.807) is 0 Å². The first-order valence-electron chi connectivity index (χ1n) is 10.8. The summed E-state index contributed by atoms with van der Waals surface area (Å²) in [5.41, 5.74) is 0.182. The predicted octanol–water partition coefficient (Wildman–Crippen LogP) is 2.87. The van der Waals surface area contributed by atoms with E-state index in [0.29, 0.717) is 24.1 Å². The molecule has 0 aromatic rings. The number of hydrogen-bond acceptors (Lipinski definition) is 3. The summed E-state index contributed by atoms with van der Waals surface area (Å²) >= 11 is 0. The van der Waals surface area contributed by atoms with Gasteiger partial charge in [0.25, 0.3) is 0 Å². The monoisotopic (exact) mass is 364 g/mol. The normalized spacial score (nSPS) is 32.8. The molecule has 1 saturated carbocycles. The number of piperidine rings is 1. The van der Waals surface area contributed by atoms with Crippen LogP contribution >= 0.6 is 0 Å². The molecule has 150 valence electrons. The molecule has 5 heteroatoms. The summed E-state index contributed by atoms with van der Waals surface area (Å²) in [5, 5.41) is 7.51. The Balaban J connectivity index is 1.53. The fraction of sp³-hybridized carbons (Fsp3) is 0.952. The molecule has 0 aromatic heterocycles. The van der Waals surface area contributed by atoms with Crippen LogP contribution in [0.25, 0.3) is 0 Å². The minimum Gasteiger partial charge on any atom is -0.377 e. The third-order valence-electron chi connectivity index (χ3n) is 6.49. The van der Waals surface area contributed by atoms with Crippen LogP contribution in [-0.4, -0.2) is 61.8 Å². The summed E-state index contributed by atoms with van der Waals surface area (Å²) in [6.07, 6.45) is 5.30. The molecule has 3 rings (SSSR count). The first-order valence-corrected chi connectivity index (χ1v) is 10.8. The van der Waals surface area contributed by atoms with Gasteiger partial charge in [-0.3, -0.25) is 4.99 Å². The molecule has 2 N–H and O–H groups in total. The molecule has 2 heterocycles. The largest absolute Gasteiger partial charge is 0.377 e. The molecule has 0 aromatic carbocycles. The Kier molecular flexibility index (Phi) is 6.50. The molecule has 0 spiro atoms. The summed E-state index contributed by atoms with van der Waals surface area (Å²) in [5.74, 6) is 2.40. The van der Waals surface area contributed by atoms with Gasteiger partial charge in [-0.05, 0) is 38.5 Å². The fourth-order valence-electron chi connectivity index (χ4n) is 5.22. The Labute approximate surface area is 160 Å². The predicted molar refractivity (Wildman–Crippen MR) is 109 cm³/mol. The van der Waals surface area contributed by atoms with E-state index in [0.717, 1.165) is 25.0 Å². The quantitative estimate of drug-likeness (QED) is 0.582. The minimum absolute atomic E-state index is 0.182. The van der Waals surface area contributed by atoms with Crippen molar-refractivity contribution in [3.63, 3.8) is 0 Å². The average molecular weight is 365 g/mol. The molecule has 1 aliphatic carbocycles. The third-order valence-corrected chi connectivity index (χ3v) is 6.49. The third kappa shape index (κ3) is 4.36. The number of aliphatic imine (C=N–C) groups is 1. The van der Waals surface area contributed by atoms with E-state index in [1.807, 2.05) is 0 Å². The summed E-state index contributed by atoms with van der Waals surface area (Å²) in [7, 11) is 0. The van der Waals surface area contributed by atoms with Crippen molar-refractivity contribution in [2.24, 2.45) is 22.2 Å². The molecule has 0 bridgehead atoms. The highest BCUT2D eigenvalue weighted by molar-refractivity contribution is 5.80. The van der Waals surface area contributed by atoms with E-state index in [4.69, 9.17) is 9.73 Å². The van der Waals surface area contributed by atoms with Gasteiger partial charge in [0, 0.05) is 56.2 Å². The first kappa shape index (κ1) is 19.9. The lowest BCUT2D eigenvalue weighted by Crippen LogP contribution is -2.71. The lowest BCUT2D eigenvalue weighted by molar-refractivity contribution is -0.188. The SMILES string of the molecule is CCN=C(NC1CCN(CC(C)C)CC1)NC1C2CCCOC2C1(C)C. The average Bonchev–Trinajstić information content (AvgIpc) is 2.61. The Morgan fingerprint density at radius 2 is 1.92 bits per heavy atom. The van der Waals surface area contributed by atoms with Crippen LogP contribution in [0.15, 0.2) is 4.99 Å². The zero-order chi connectivity index (χ0) is 18.7. The van der Waals surface area contributed by atoms with Crippen molar-refractivity contribution in [2.75, 3.05) is 32.8 Å². The van der Waals surface area contributed by atoms with Crippen molar-refractivity contribution in [2.45, 2.75) is 78.5 Å². The van der Waals surface area contributed by atoms with Crippen molar-refractivity contribution in [1.29, 1.82) is 0 Å². The van der Waals surface area contributed by atoms with E-state index in [-0.39, 0.29) is 5.41 Å². The number of guanidine groups is 1. The van der Waals surface area contributed by atoms with Gasteiger partial charge in [0.2, 0.25) is 0 Å². The van der Waals surface area contributed by atoms with Gasteiger partial charge < -0.3 is 20.3 Å². The number of fused-ring (bicyclic) bond motifs is 1. The van der Waals surface area contributed by atoms with Crippen LogP contribution in [-0.2, 0) is 4.74 Å². The van der Waals surface area contributed by atoms with Gasteiger partial charge in [0.1, 0.15) is 0 Å². The van der Waals surface area contributed by atoms with Gasteiger partial charge in [-0.15, -0.1) is 0 Å². The Bertz CT molecular complexity index is 482. The number of nitrogens with zero attached hydrogens (tertiary/aromatic N) is 2. The summed E-state index contributed by atoms with van der Waals surface area (Å²) < 4.78 is 6.05. The van der Waals surface area contributed by atoms with Gasteiger partial charge in [-0.1, -0.05) is 27.7 Å². The Morgan fingerprint density at radius 1 is 1.19 bits per heavy atom. The van der Waals surface area contributed by atoms with Gasteiger partial charge in [-0.2, -0.15) is 0 Å². The maximum Gasteiger partial charge on any atom is 0.191 e. The molecule has 0 amide bonds. The zero-order valence-corrected chi connectivity index (χ0v) is 17.6. The van der Waals surface area contributed by atoms with Crippen LogP contribution in [0.5, 0.6) is 0 Å². The van der Waals surface area contributed by atoms with Crippen LogP contribution in [0.1, 0.15) is 60.3 Å². The zero-order valence-electron chi connectivity index (χ0n) is 17.6. The smallest absolute Gasteiger partial charge is 0.191 e. The van der Waals surface area contributed by atoms with Crippen molar-refractivity contribution in [3.05, 3.63) is 0 Å². The topological polar surface area (TPSA) is 48.9 Å². The maximum atomic E-state index is 6.05. The van der Waals surface area contributed by atoms with E-state index >= 15 is 0 Å². The molecule has 3 unspecified atom stereocenters. The Hall–Kier alpha value is -0.810. The van der Waals surface area contributed by atoms with Gasteiger partial charge in [0.15, 0.2) is 5.96 Å². The van der Waals surface area contributed by atoms with Gasteiger partial charge in [0.05, 0.1) is 6.10 Å². The second kappa shape index (κ2) is 8.47. The number of ether oxygens (including phenoxy) is 1. The van der Waals surface area contributed by atoms with Crippen molar-refractivity contribution < 1.29 is 4.74 Å². The molecule has 3 aliphatic rings. The highest BCUT2D eigenvalue weighted by Gasteiger charge is 2.58. The van der Waals surface area contributed by atoms with E-state index in [2.05, 4.69) is 50.2 Å². The molecule has 2 aliphatic heterocycles. The van der Waals surface area contributed by atoms with Crippen LogP contribution in [0.3, 0.4) is 0 Å². The lowest BCUT2D eigenvalue weighted by Gasteiger charge is -2.60. The number of rotatable bonds is 5. The van der Waals surface area contributed by atoms with Crippen molar-refractivity contribution in [1.82, 2.24) is 15.5 Å². The lowest BCUT2D eigenvalue weighted by atomic mass is 9.55. The fourth-order valence-corrected chi connectivity index (χ4v) is 5.22. The standard InChI is InChI=1S/C21H40N4O/c1-6-22-20(23-16-9-11-25(12-10-16)14-15(2)3)24-18-17-8-7-13-26-19(17)21(18,4)5/h15-19H,6-14H2,1-5H3,(H2,22,23,24). The van der Waals surface area contributed by atoms with Crippen LogP contribution in [0, 0.1) is 17.3 Å². The maximum absolute atomic E-state index is 6.05. The van der Waals surface area contributed by atoms with Crippen LogP contribution in [0.2, 0.25) is 0 Å². The molecular weight excluding hydrogens is 324 g/mol. The highest BCUT2D eigenvalue weighted by atomic mass is 16.5. The van der Waals surface area contributed by atoms with Crippen LogP contribution in [0.4, 0.5) is 0 Å². The van der Waals surface area contributed by atoms with E-state index < -0.39 is 0 Å². The van der Waals surface area contributed by atoms with Gasteiger partial charge >= 0.3 is 0 Å². The summed E-state index contributed by atoms with van der Waals surface area (Å²) in [4.78, 5) is 7.35. The molecule has 3 atom stereocenters. The number of likely N-dealkylation sites (tertiary alicyclic amines) is 1. The summed E-state index contributed by atoms with van der Waals surface area (Å²) in [6, 6.07) is 1.00. The molecule has 2 saturated heterocycles.